The molecule has 2 atom stereocenters. The first kappa shape index (κ1) is 20.6. The number of sulfonamides is 1. The summed E-state index contributed by atoms with van der Waals surface area (Å²) < 4.78 is 42.5. The molecular formula is C18H24FN5O3S. The number of nitrogens with two attached hydrogens (primary N) is 2. The molecule has 1 aromatic carbocycles. The standard InChI is InChI=1S/C18H24FN5O3S/c1-12-11-23(18(25)15(21)8-20)6-3-7-24(12)28(26,27)16-5-2-4-13-9-22-10-14(19)17(13)16/h2,4-5,9-10,12,15H,3,6-8,11,20-21H2,1H3/t12-,15+/m0/s1. The van der Waals surface area contributed by atoms with Gasteiger partial charge in [0.15, 0.2) is 5.82 Å². The minimum Gasteiger partial charge on any atom is -0.340 e. The summed E-state index contributed by atoms with van der Waals surface area (Å²) in [7, 11) is -3.99. The summed E-state index contributed by atoms with van der Waals surface area (Å²) in [5, 5.41) is 0.432. The molecular weight excluding hydrogens is 385 g/mol. The maximum atomic E-state index is 14.4. The number of hydrogen-bond acceptors (Lipinski definition) is 6. The van der Waals surface area contributed by atoms with Crippen LogP contribution >= 0.6 is 0 Å². The summed E-state index contributed by atoms with van der Waals surface area (Å²) in [4.78, 5) is 17.6. The third kappa shape index (κ3) is 3.72. The lowest BCUT2D eigenvalue weighted by atomic mass is 10.2. The van der Waals surface area contributed by atoms with Gasteiger partial charge in [-0.3, -0.25) is 9.78 Å². The third-order valence-electron chi connectivity index (χ3n) is 4.95. The number of carbonyl (C=O) groups is 1. The van der Waals surface area contributed by atoms with Crippen LogP contribution < -0.4 is 11.5 Å². The molecule has 1 amide bonds. The van der Waals surface area contributed by atoms with Gasteiger partial charge in [0.05, 0.1) is 17.1 Å². The van der Waals surface area contributed by atoms with Gasteiger partial charge in [0, 0.05) is 49.2 Å². The average Bonchev–Trinajstić information content (AvgIpc) is 2.88. The normalized spacial score (nSPS) is 20.1. The number of fused-ring (bicyclic) bond motifs is 1. The van der Waals surface area contributed by atoms with Crippen molar-refractivity contribution in [1.82, 2.24) is 14.2 Å². The molecule has 0 unspecified atom stereocenters. The number of carbonyl (C=O) groups excluding carboxylic acids is 1. The van der Waals surface area contributed by atoms with Gasteiger partial charge in [0.1, 0.15) is 0 Å². The van der Waals surface area contributed by atoms with Crippen LogP contribution in [-0.4, -0.2) is 66.8 Å². The monoisotopic (exact) mass is 409 g/mol. The molecule has 0 aliphatic carbocycles. The molecule has 4 N–H and O–H groups in total. The van der Waals surface area contributed by atoms with Crippen molar-refractivity contribution in [2.24, 2.45) is 11.5 Å². The van der Waals surface area contributed by atoms with Crippen LogP contribution in [0.4, 0.5) is 4.39 Å². The van der Waals surface area contributed by atoms with Crippen LogP contribution in [0.1, 0.15) is 13.3 Å². The fraction of sp³-hybridized carbons (Fsp3) is 0.444. The molecule has 2 heterocycles. The predicted molar refractivity (Wildman–Crippen MR) is 103 cm³/mol. The molecule has 3 rings (SSSR count). The highest BCUT2D eigenvalue weighted by Gasteiger charge is 2.35. The second-order valence-electron chi connectivity index (χ2n) is 6.92. The van der Waals surface area contributed by atoms with Gasteiger partial charge < -0.3 is 16.4 Å². The molecule has 0 saturated carbocycles. The van der Waals surface area contributed by atoms with Gasteiger partial charge in [-0.1, -0.05) is 12.1 Å². The molecule has 0 radical (unpaired) electrons. The minimum absolute atomic E-state index is 0.0204. The molecule has 1 saturated heterocycles. The lowest BCUT2D eigenvalue weighted by Crippen LogP contribution is -2.50. The van der Waals surface area contributed by atoms with Crippen molar-refractivity contribution in [1.29, 1.82) is 0 Å². The lowest BCUT2D eigenvalue weighted by molar-refractivity contribution is -0.132. The third-order valence-corrected chi connectivity index (χ3v) is 7.01. The zero-order chi connectivity index (χ0) is 20.5. The molecule has 8 nitrogen and oxygen atoms in total. The van der Waals surface area contributed by atoms with E-state index in [2.05, 4.69) is 4.98 Å². The van der Waals surface area contributed by atoms with Crippen LogP contribution in [-0.2, 0) is 14.8 Å². The number of benzene rings is 1. The van der Waals surface area contributed by atoms with Crippen LogP contribution in [0.2, 0.25) is 0 Å². The summed E-state index contributed by atoms with van der Waals surface area (Å²) in [6.45, 7) is 2.54. The van der Waals surface area contributed by atoms with Crippen molar-refractivity contribution in [3.63, 3.8) is 0 Å². The lowest BCUT2D eigenvalue weighted by Gasteiger charge is -2.29. The number of halogens is 1. The number of nitrogens with zero attached hydrogens (tertiary/aromatic N) is 3. The van der Waals surface area contributed by atoms with E-state index >= 15 is 0 Å². The Morgan fingerprint density at radius 2 is 2.11 bits per heavy atom. The maximum Gasteiger partial charge on any atom is 0.244 e. The van der Waals surface area contributed by atoms with Crippen LogP contribution in [0.25, 0.3) is 10.8 Å². The average molecular weight is 409 g/mol. The smallest absolute Gasteiger partial charge is 0.244 e. The van der Waals surface area contributed by atoms with Crippen LogP contribution in [0.5, 0.6) is 0 Å². The molecule has 152 valence electrons. The van der Waals surface area contributed by atoms with Gasteiger partial charge in [-0.05, 0) is 19.4 Å². The van der Waals surface area contributed by atoms with Crippen LogP contribution in [0, 0.1) is 5.82 Å². The van der Waals surface area contributed by atoms with E-state index in [1.165, 1.54) is 16.6 Å². The van der Waals surface area contributed by atoms with Gasteiger partial charge in [0.25, 0.3) is 0 Å². The first-order valence-electron chi connectivity index (χ1n) is 9.06. The van der Waals surface area contributed by atoms with Crippen LogP contribution in [0.3, 0.4) is 0 Å². The second-order valence-corrected chi connectivity index (χ2v) is 8.78. The summed E-state index contributed by atoms with van der Waals surface area (Å²) in [6, 6.07) is 3.27. The molecule has 1 aromatic heterocycles. The fourth-order valence-corrected chi connectivity index (χ4v) is 5.42. The number of hydrogen-bond donors (Lipinski definition) is 2. The topological polar surface area (TPSA) is 123 Å². The Hall–Kier alpha value is -2.14. The first-order valence-corrected chi connectivity index (χ1v) is 10.5. The fourth-order valence-electron chi connectivity index (χ4n) is 3.53. The van der Waals surface area contributed by atoms with Crippen molar-refractivity contribution >= 4 is 26.7 Å². The van der Waals surface area contributed by atoms with E-state index in [-0.39, 0.29) is 35.8 Å². The van der Waals surface area contributed by atoms with Crippen molar-refractivity contribution in [2.45, 2.75) is 30.3 Å². The van der Waals surface area contributed by atoms with Crippen LogP contribution in [0.15, 0.2) is 35.5 Å². The molecule has 1 fully saturated rings. The highest BCUT2D eigenvalue weighted by Crippen LogP contribution is 2.29. The van der Waals surface area contributed by atoms with Gasteiger partial charge in [0.2, 0.25) is 15.9 Å². The van der Waals surface area contributed by atoms with Gasteiger partial charge in [-0.2, -0.15) is 4.31 Å². The molecule has 2 aromatic rings. The van der Waals surface area contributed by atoms with E-state index in [9.17, 15) is 17.6 Å². The molecule has 10 heteroatoms. The molecule has 1 aliphatic rings. The van der Waals surface area contributed by atoms with Crippen molar-refractivity contribution < 1.29 is 17.6 Å². The minimum atomic E-state index is -3.99. The SMILES string of the molecule is C[C@H]1CN(C(=O)[C@H](N)CN)CCCN1S(=O)(=O)c1cccc2cncc(F)c12. The highest BCUT2D eigenvalue weighted by molar-refractivity contribution is 7.89. The Morgan fingerprint density at radius 1 is 1.36 bits per heavy atom. The zero-order valence-corrected chi connectivity index (χ0v) is 16.4. The zero-order valence-electron chi connectivity index (χ0n) is 15.6. The number of amides is 1. The van der Waals surface area contributed by atoms with Gasteiger partial charge in [-0.15, -0.1) is 0 Å². The maximum absolute atomic E-state index is 14.4. The summed E-state index contributed by atoms with van der Waals surface area (Å²) in [5.74, 6) is -0.985. The van der Waals surface area contributed by atoms with Crippen molar-refractivity contribution in [2.75, 3.05) is 26.2 Å². The largest absolute Gasteiger partial charge is 0.340 e. The van der Waals surface area contributed by atoms with E-state index in [0.29, 0.717) is 18.4 Å². The quantitative estimate of drug-likeness (QED) is 0.747. The Morgan fingerprint density at radius 3 is 2.82 bits per heavy atom. The Bertz CT molecular complexity index is 979. The molecule has 28 heavy (non-hydrogen) atoms. The highest BCUT2D eigenvalue weighted by atomic mass is 32.2. The van der Waals surface area contributed by atoms with Gasteiger partial charge >= 0.3 is 0 Å². The molecule has 0 spiro atoms. The summed E-state index contributed by atoms with van der Waals surface area (Å²) in [5.41, 5.74) is 11.2. The molecule has 0 bridgehead atoms. The Labute approximate surface area is 163 Å². The number of rotatable bonds is 4. The van der Waals surface area contributed by atoms with E-state index in [4.69, 9.17) is 11.5 Å². The predicted octanol–water partition coefficient (Wildman–Crippen LogP) is 0.271. The van der Waals surface area contributed by atoms with E-state index in [0.717, 1.165) is 6.20 Å². The van der Waals surface area contributed by atoms with E-state index in [1.54, 1.807) is 24.0 Å². The second kappa shape index (κ2) is 8.08. The van der Waals surface area contributed by atoms with Crippen molar-refractivity contribution in [3.8, 4) is 0 Å². The van der Waals surface area contributed by atoms with E-state index in [1.807, 2.05) is 0 Å². The first-order chi connectivity index (χ1) is 13.3. The summed E-state index contributed by atoms with van der Waals surface area (Å²) >= 11 is 0. The summed E-state index contributed by atoms with van der Waals surface area (Å²) in [6.07, 6.45) is 2.88. The number of pyridine rings is 1. The Kier molecular flexibility index (Phi) is 5.94. The Balaban J connectivity index is 1.96. The number of aromatic nitrogens is 1. The molecule has 1 aliphatic heterocycles. The van der Waals surface area contributed by atoms with E-state index < -0.39 is 27.9 Å². The van der Waals surface area contributed by atoms with Gasteiger partial charge in [-0.25, -0.2) is 12.8 Å². The van der Waals surface area contributed by atoms with Crippen molar-refractivity contribution in [3.05, 3.63) is 36.4 Å².